The van der Waals surface area contributed by atoms with Gasteiger partial charge in [-0.25, -0.2) is 0 Å². The van der Waals surface area contributed by atoms with Gasteiger partial charge in [0, 0.05) is 23.7 Å². The van der Waals surface area contributed by atoms with E-state index >= 15 is 0 Å². The molecule has 1 fully saturated rings. The number of carbonyl (C=O) groups is 1. The Kier molecular flexibility index (Phi) is 4.63. The van der Waals surface area contributed by atoms with Gasteiger partial charge in [-0.2, -0.15) is 0 Å². The molecular formula is C16H23NO3. The maximum absolute atomic E-state index is 12.7. The molecule has 0 amide bonds. The normalized spacial score (nSPS) is 16.3. The lowest BCUT2D eigenvalue weighted by atomic mass is 9.94. The first-order valence-corrected chi connectivity index (χ1v) is 7.44. The molecule has 1 aromatic heterocycles. The molecule has 0 bridgehead atoms. The second-order valence-electron chi connectivity index (χ2n) is 5.81. The van der Waals surface area contributed by atoms with Crippen LogP contribution in [-0.2, 0) is 11.2 Å². The van der Waals surface area contributed by atoms with Crippen molar-refractivity contribution in [1.82, 2.24) is 4.57 Å². The summed E-state index contributed by atoms with van der Waals surface area (Å²) in [6, 6.07) is 2.31. The van der Waals surface area contributed by atoms with Gasteiger partial charge in [0.05, 0.1) is 0 Å². The third-order valence-corrected chi connectivity index (χ3v) is 4.29. The molecule has 20 heavy (non-hydrogen) atoms. The largest absolute Gasteiger partial charge is 0.481 e. The number of aromatic nitrogens is 1. The SMILES string of the molecule is Cc1cc(C)n(C2CCCCC2)c(=O)c1CCC(=O)O. The van der Waals surface area contributed by atoms with E-state index in [1.807, 2.05) is 24.5 Å². The molecule has 1 saturated carbocycles. The minimum Gasteiger partial charge on any atom is -0.481 e. The van der Waals surface area contributed by atoms with Crippen LogP contribution in [0.3, 0.4) is 0 Å². The van der Waals surface area contributed by atoms with Gasteiger partial charge in [0.15, 0.2) is 0 Å². The number of rotatable bonds is 4. The lowest BCUT2D eigenvalue weighted by molar-refractivity contribution is -0.136. The molecule has 0 spiro atoms. The smallest absolute Gasteiger partial charge is 0.303 e. The molecule has 0 aliphatic heterocycles. The van der Waals surface area contributed by atoms with Crippen molar-refractivity contribution < 1.29 is 9.90 Å². The number of aliphatic carboxylic acids is 1. The first-order valence-electron chi connectivity index (χ1n) is 7.44. The molecule has 0 radical (unpaired) electrons. The zero-order valence-electron chi connectivity index (χ0n) is 12.3. The van der Waals surface area contributed by atoms with Gasteiger partial charge in [0.25, 0.3) is 5.56 Å². The van der Waals surface area contributed by atoms with Crippen LogP contribution < -0.4 is 5.56 Å². The maximum atomic E-state index is 12.7. The van der Waals surface area contributed by atoms with E-state index in [1.165, 1.54) is 19.3 Å². The van der Waals surface area contributed by atoms with Crippen molar-refractivity contribution in [1.29, 1.82) is 0 Å². The van der Waals surface area contributed by atoms with Crippen LogP contribution in [0.15, 0.2) is 10.9 Å². The van der Waals surface area contributed by atoms with Crippen LogP contribution in [-0.4, -0.2) is 15.6 Å². The molecule has 0 unspecified atom stereocenters. The predicted octanol–water partition coefficient (Wildman–Crippen LogP) is 2.99. The number of pyridine rings is 1. The molecule has 4 nitrogen and oxygen atoms in total. The van der Waals surface area contributed by atoms with Crippen molar-refractivity contribution in [2.24, 2.45) is 0 Å². The van der Waals surface area contributed by atoms with E-state index in [4.69, 9.17) is 5.11 Å². The number of aryl methyl sites for hydroxylation is 2. The molecule has 2 rings (SSSR count). The molecule has 4 heteroatoms. The Hall–Kier alpha value is -1.58. The van der Waals surface area contributed by atoms with E-state index < -0.39 is 5.97 Å². The number of carboxylic acids is 1. The molecule has 0 atom stereocenters. The van der Waals surface area contributed by atoms with Crippen LogP contribution in [0.5, 0.6) is 0 Å². The van der Waals surface area contributed by atoms with Crippen LogP contribution >= 0.6 is 0 Å². The van der Waals surface area contributed by atoms with Gasteiger partial charge >= 0.3 is 5.97 Å². The van der Waals surface area contributed by atoms with Crippen molar-refractivity contribution in [2.75, 3.05) is 0 Å². The maximum Gasteiger partial charge on any atom is 0.303 e. The number of hydrogen-bond donors (Lipinski definition) is 1. The zero-order valence-corrected chi connectivity index (χ0v) is 12.3. The van der Waals surface area contributed by atoms with E-state index in [-0.39, 0.29) is 12.0 Å². The van der Waals surface area contributed by atoms with E-state index in [1.54, 1.807) is 0 Å². The Morgan fingerprint density at radius 1 is 1.30 bits per heavy atom. The Labute approximate surface area is 119 Å². The summed E-state index contributed by atoms with van der Waals surface area (Å²) < 4.78 is 1.91. The van der Waals surface area contributed by atoms with Crippen molar-refractivity contribution in [3.05, 3.63) is 33.2 Å². The first-order chi connectivity index (χ1) is 9.50. The van der Waals surface area contributed by atoms with Crippen molar-refractivity contribution >= 4 is 5.97 Å². The lowest BCUT2D eigenvalue weighted by Crippen LogP contribution is -2.31. The molecule has 1 aliphatic rings. The molecule has 0 aromatic carbocycles. The summed E-state index contributed by atoms with van der Waals surface area (Å²) in [5.74, 6) is -0.853. The Morgan fingerprint density at radius 2 is 1.95 bits per heavy atom. The third kappa shape index (κ3) is 3.11. The van der Waals surface area contributed by atoms with Gasteiger partial charge in [-0.1, -0.05) is 19.3 Å². The van der Waals surface area contributed by atoms with E-state index in [0.29, 0.717) is 18.0 Å². The van der Waals surface area contributed by atoms with Gasteiger partial charge in [0.2, 0.25) is 0 Å². The molecule has 1 aliphatic carbocycles. The average Bonchev–Trinajstić information content (AvgIpc) is 2.38. The van der Waals surface area contributed by atoms with Gasteiger partial charge in [-0.15, -0.1) is 0 Å². The monoisotopic (exact) mass is 277 g/mol. The van der Waals surface area contributed by atoms with Gasteiger partial charge in [0.1, 0.15) is 0 Å². The minimum absolute atomic E-state index is 0.0177. The molecule has 0 saturated heterocycles. The average molecular weight is 277 g/mol. The fourth-order valence-corrected chi connectivity index (χ4v) is 3.27. The van der Waals surface area contributed by atoms with Crippen LogP contribution in [0.1, 0.15) is 61.4 Å². The highest BCUT2D eigenvalue weighted by molar-refractivity contribution is 5.67. The standard InChI is InChI=1S/C16H23NO3/c1-11-10-12(2)17(13-6-4-3-5-7-13)16(20)14(11)8-9-15(18)19/h10,13H,3-9H2,1-2H3,(H,18,19). The number of carboxylic acid groups (broad SMARTS) is 1. The molecule has 1 heterocycles. The molecule has 1 N–H and O–H groups in total. The molecule has 1 aromatic rings. The second-order valence-corrected chi connectivity index (χ2v) is 5.81. The van der Waals surface area contributed by atoms with Crippen LogP contribution in [0.2, 0.25) is 0 Å². The molecule has 110 valence electrons. The number of hydrogen-bond acceptors (Lipinski definition) is 2. The summed E-state index contributed by atoms with van der Waals surface area (Å²) in [6.07, 6.45) is 6.06. The van der Waals surface area contributed by atoms with Gasteiger partial charge in [-0.05, 0) is 44.7 Å². The fourth-order valence-electron chi connectivity index (χ4n) is 3.27. The quantitative estimate of drug-likeness (QED) is 0.920. The van der Waals surface area contributed by atoms with E-state index in [2.05, 4.69) is 0 Å². The lowest BCUT2D eigenvalue weighted by Gasteiger charge is -2.27. The summed E-state index contributed by atoms with van der Waals surface area (Å²) in [4.78, 5) is 23.4. The second kappa shape index (κ2) is 6.25. The molecular weight excluding hydrogens is 254 g/mol. The highest BCUT2D eigenvalue weighted by Crippen LogP contribution is 2.28. The Bertz CT molecular complexity index is 554. The predicted molar refractivity (Wildman–Crippen MR) is 78.3 cm³/mol. The van der Waals surface area contributed by atoms with Crippen LogP contribution in [0.25, 0.3) is 0 Å². The fraction of sp³-hybridized carbons (Fsp3) is 0.625. The summed E-state index contributed by atoms with van der Waals surface area (Å²) in [5, 5.41) is 8.82. The third-order valence-electron chi connectivity index (χ3n) is 4.29. The van der Waals surface area contributed by atoms with Crippen molar-refractivity contribution in [2.45, 2.75) is 64.8 Å². The van der Waals surface area contributed by atoms with Crippen molar-refractivity contribution in [3.8, 4) is 0 Å². The van der Waals surface area contributed by atoms with Gasteiger partial charge in [-0.3, -0.25) is 9.59 Å². The Balaban J connectivity index is 2.38. The Morgan fingerprint density at radius 3 is 2.55 bits per heavy atom. The first kappa shape index (κ1) is 14.8. The summed E-state index contributed by atoms with van der Waals surface area (Å²) in [6.45, 7) is 3.88. The van der Waals surface area contributed by atoms with E-state index in [0.717, 1.165) is 24.1 Å². The van der Waals surface area contributed by atoms with Crippen LogP contribution in [0.4, 0.5) is 0 Å². The van der Waals surface area contributed by atoms with Crippen LogP contribution in [0, 0.1) is 13.8 Å². The highest BCUT2D eigenvalue weighted by atomic mass is 16.4. The topological polar surface area (TPSA) is 59.3 Å². The van der Waals surface area contributed by atoms with Gasteiger partial charge < -0.3 is 9.67 Å². The minimum atomic E-state index is -0.853. The van der Waals surface area contributed by atoms with Crippen molar-refractivity contribution in [3.63, 3.8) is 0 Å². The summed E-state index contributed by atoms with van der Waals surface area (Å²) >= 11 is 0. The summed E-state index contributed by atoms with van der Waals surface area (Å²) in [7, 11) is 0. The van der Waals surface area contributed by atoms with E-state index in [9.17, 15) is 9.59 Å². The highest BCUT2D eigenvalue weighted by Gasteiger charge is 2.20. The summed E-state index contributed by atoms with van der Waals surface area (Å²) in [5.41, 5.74) is 2.61. The zero-order chi connectivity index (χ0) is 14.7. The number of nitrogens with zero attached hydrogens (tertiary/aromatic N) is 1.